The normalized spacial score (nSPS) is 18.9. The van der Waals surface area contributed by atoms with E-state index in [4.69, 9.17) is 4.99 Å². The molecule has 1 heterocycles. The Morgan fingerprint density at radius 1 is 1.13 bits per heavy atom. The highest BCUT2D eigenvalue weighted by Gasteiger charge is 2.31. The monoisotopic (exact) mass is 201 g/mol. The molecule has 0 aromatic heterocycles. The van der Waals surface area contributed by atoms with Crippen molar-refractivity contribution in [2.24, 2.45) is 4.99 Å². The van der Waals surface area contributed by atoms with Crippen molar-refractivity contribution < 1.29 is 0 Å². The summed E-state index contributed by atoms with van der Waals surface area (Å²) in [6.45, 7) is 4.50. The van der Waals surface area contributed by atoms with Crippen molar-refractivity contribution in [3.8, 4) is 0 Å². The summed E-state index contributed by atoms with van der Waals surface area (Å²) in [6.07, 6.45) is 4.70. The Morgan fingerprint density at radius 3 is 2.33 bits per heavy atom. The Morgan fingerprint density at radius 2 is 1.80 bits per heavy atom. The number of nitrogens with zero attached hydrogens (tertiary/aromatic N) is 1. The van der Waals surface area contributed by atoms with Crippen molar-refractivity contribution >= 4 is 5.71 Å². The van der Waals surface area contributed by atoms with Crippen LogP contribution in [-0.2, 0) is 0 Å². The molecule has 0 spiro atoms. The van der Waals surface area contributed by atoms with Crippen molar-refractivity contribution in [2.45, 2.75) is 45.1 Å². The van der Waals surface area contributed by atoms with Crippen LogP contribution >= 0.6 is 0 Å². The molecule has 1 aromatic rings. The van der Waals surface area contributed by atoms with Gasteiger partial charge >= 0.3 is 0 Å². The largest absolute Gasteiger partial charge is 0.283 e. The molecular weight excluding hydrogens is 182 g/mol. The van der Waals surface area contributed by atoms with E-state index in [-0.39, 0.29) is 5.54 Å². The summed E-state index contributed by atoms with van der Waals surface area (Å²) < 4.78 is 0. The maximum Gasteiger partial charge on any atom is 0.0610 e. The molecule has 1 aromatic carbocycles. The maximum atomic E-state index is 4.94. The first kappa shape index (κ1) is 10.4. The first-order valence-electron chi connectivity index (χ1n) is 5.94. The van der Waals surface area contributed by atoms with Gasteiger partial charge in [-0.2, -0.15) is 0 Å². The standard InChI is InChI=1S/C14H19N/c1-3-14(4-2)11-10-13(15-14)12-8-6-5-7-9-12/h5-9H,3-4,10-11H2,1-2H3. The van der Waals surface area contributed by atoms with Gasteiger partial charge < -0.3 is 0 Å². The minimum Gasteiger partial charge on any atom is -0.283 e. The van der Waals surface area contributed by atoms with Crippen molar-refractivity contribution in [1.29, 1.82) is 0 Å². The first-order chi connectivity index (χ1) is 7.29. The van der Waals surface area contributed by atoms with Crippen LogP contribution in [0.25, 0.3) is 0 Å². The number of hydrogen-bond donors (Lipinski definition) is 0. The van der Waals surface area contributed by atoms with Gasteiger partial charge in [-0.25, -0.2) is 0 Å². The molecule has 1 aliphatic heterocycles. The second-order valence-electron chi connectivity index (χ2n) is 4.36. The van der Waals surface area contributed by atoms with Gasteiger partial charge in [-0.15, -0.1) is 0 Å². The van der Waals surface area contributed by atoms with Gasteiger partial charge in [0.2, 0.25) is 0 Å². The Kier molecular flexibility index (Phi) is 2.90. The first-order valence-corrected chi connectivity index (χ1v) is 5.94. The van der Waals surface area contributed by atoms with Gasteiger partial charge in [0.15, 0.2) is 0 Å². The lowest BCUT2D eigenvalue weighted by molar-refractivity contribution is 0.399. The molecule has 0 aliphatic carbocycles. The van der Waals surface area contributed by atoms with Gasteiger partial charge in [0.25, 0.3) is 0 Å². The molecule has 0 radical (unpaired) electrons. The molecule has 1 nitrogen and oxygen atoms in total. The van der Waals surface area contributed by atoms with E-state index in [2.05, 4.69) is 44.2 Å². The van der Waals surface area contributed by atoms with E-state index in [1.54, 1.807) is 0 Å². The minimum absolute atomic E-state index is 0.241. The quantitative estimate of drug-likeness (QED) is 0.704. The zero-order chi connectivity index (χ0) is 10.7. The fourth-order valence-corrected chi connectivity index (χ4v) is 2.35. The van der Waals surface area contributed by atoms with E-state index < -0.39 is 0 Å². The molecular formula is C14H19N. The van der Waals surface area contributed by atoms with Crippen LogP contribution in [0.2, 0.25) is 0 Å². The molecule has 0 unspecified atom stereocenters. The van der Waals surface area contributed by atoms with Crippen molar-refractivity contribution in [3.63, 3.8) is 0 Å². The maximum absolute atomic E-state index is 4.94. The molecule has 15 heavy (non-hydrogen) atoms. The Labute approximate surface area is 92.2 Å². The summed E-state index contributed by atoms with van der Waals surface area (Å²) in [5.41, 5.74) is 2.85. The van der Waals surface area contributed by atoms with E-state index in [0.717, 1.165) is 6.42 Å². The lowest BCUT2D eigenvalue weighted by Crippen LogP contribution is -2.20. The molecule has 1 aliphatic rings. The van der Waals surface area contributed by atoms with Gasteiger partial charge in [0.05, 0.1) is 5.54 Å². The summed E-state index contributed by atoms with van der Waals surface area (Å²) in [5.74, 6) is 0. The highest BCUT2D eigenvalue weighted by atomic mass is 14.9. The minimum atomic E-state index is 0.241. The second kappa shape index (κ2) is 4.18. The molecule has 2 rings (SSSR count). The predicted octanol–water partition coefficient (Wildman–Crippen LogP) is 3.83. The summed E-state index contributed by atoms with van der Waals surface area (Å²) in [5, 5.41) is 0. The Hall–Kier alpha value is -1.11. The third-order valence-corrected chi connectivity index (χ3v) is 3.62. The molecule has 0 amide bonds. The van der Waals surface area contributed by atoms with Crippen LogP contribution in [0.15, 0.2) is 35.3 Å². The van der Waals surface area contributed by atoms with Crippen LogP contribution in [0.3, 0.4) is 0 Å². The summed E-state index contributed by atoms with van der Waals surface area (Å²) >= 11 is 0. The molecule has 80 valence electrons. The van der Waals surface area contributed by atoms with Crippen molar-refractivity contribution in [2.75, 3.05) is 0 Å². The molecule has 1 heteroatoms. The highest BCUT2D eigenvalue weighted by molar-refractivity contribution is 6.02. The Bertz CT molecular complexity index is 347. The number of hydrogen-bond acceptors (Lipinski definition) is 1. The molecule has 0 saturated carbocycles. The highest BCUT2D eigenvalue weighted by Crippen LogP contribution is 2.33. The fraction of sp³-hybridized carbons (Fsp3) is 0.500. The second-order valence-corrected chi connectivity index (χ2v) is 4.36. The molecule has 0 atom stereocenters. The van der Waals surface area contributed by atoms with Crippen LogP contribution in [-0.4, -0.2) is 11.3 Å². The van der Waals surface area contributed by atoms with Crippen LogP contribution in [0, 0.1) is 0 Å². The number of benzene rings is 1. The van der Waals surface area contributed by atoms with Crippen molar-refractivity contribution in [1.82, 2.24) is 0 Å². The van der Waals surface area contributed by atoms with E-state index in [1.807, 2.05) is 0 Å². The van der Waals surface area contributed by atoms with E-state index in [1.165, 1.54) is 30.5 Å². The molecule has 0 saturated heterocycles. The third-order valence-electron chi connectivity index (χ3n) is 3.62. The number of aliphatic imine (C=N–C) groups is 1. The SMILES string of the molecule is CCC1(CC)CCC(c2ccccc2)=N1. The zero-order valence-electron chi connectivity index (χ0n) is 9.66. The predicted molar refractivity (Wildman–Crippen MR) is 65.5 cm³/mol. The smallest absolute Gasteiger partial charge is 0.0610 e. The van der Waals surface area contributed by atoms with Gasteiger partial charge in [0, 0.05) is 5.71 Å². The van der Waals surface area contributed by atoms with Gasteiger partial charge in [-0.3, -0.25) is 4.99 Å². The van der Waals surface area contributed by atoms with Gasteiger partial charge in [-0.1, -0.05) is 44.2 Å². The summed E-state index contributed by atoms with van der Waals surface area (Å²) in [6, 6.07) is 10.6. The van der Waals surface area contributed by atoms with E-state index in [9.17, 15) is 0 Å². The average molecular weight is 201 g/mol. The van der Waals surface area contributed by atoms with Gasteiger partial charge in [-0.05, 0) is 31.2 Å². The molecule has 0 bridgehead atoms. The Balaban J connectivity index is 2.27. The lowest BCUT2D eigenvalue weighted by atomic mass is 9.91. The third kappa shape index (κ3) is 1.97. The average Bonchev–Trinajstić information content (AvgIpc) is 2.75. The summed E-state index contributed by atoms with van der Waals surface area (Å²) in [4.78, 5) is 4.94. The van der Waals surface area contributed by atoms with Gasteiger partial charge in [0.1, 0.15) is 0 Å². The number of rotatable bonds is 3. The lowest BCUT2D eigenvalue weighted by Gasteiger charge is -2.21. The van der Waals surface area contributed by atoms with Crippen LogP contribution in [0.1, 0.15) is 45.1 Å². The topological polar surface area (TPSA) is 12.4 Å². The van der Waals surface area contributed by atoms with Crippen LogP contribution in [0.5, 0.6) is 0 Å². The fourth-order valence-electron chi connectivity index (χ4n) is 2.35. The summed E-state index contributed by atoms with van der Waals surface area (Å²) in [7, 11) is 0. The zero-order valence-corrected chi connectivity index (χ0v) is 9.66. The molecule has 0 fully saturated rings. The van der Waals surface area contributed by atoms with E-state index >= 15 is 0 Å². The van der Waals surface area contributed by atoms with Crippen molar-refractivity contribution in [3.05, 3.63) is 35.9 Å². The molecule has 0 N–H and O–H groups in total. The van der Waals surface area contributed by atoms with Crippen LogP contribution in [0.4, 0.5) is 0 Å². The van der Waals surface area contributed by atoms with Crippen LogP contribution < -0.4 is 0 Å². The van der Waals surface area contributed by atoms with E-state index in [0.29, 0.717) is 0 Å².